The molecule has 0 spiro atoms. The van der Waals surface area contributed by atoms with Crippen molar-refractivity contribution >= 4 is 11.3 Å². The van der Waals surface area contributed by atoms with Gasteiger partial charge in [-0.1, -0.05) is 13.8 Å². The second-order valence-corrected chi connectivity index (χ2v) is 4.24. The van der Waals surface area contributed by atoms with Gasteiger partial charge in [-0.05, 0) is 5.92 Å². The van der Waals surface area contributed by atoms with E-state index in [0.29, 0.717) is 5.92 Å². The highest BCUT2D eigenvalue weighted by Crippen LogP contribution is 2.00. The van der Waals surface area contributed by atoms with E-state index in [1.54, 1.807) is 11.3 Å². The molecule has 0 saturated carbocycles. The van der Waals surface area contributed by atoms with Gasteiger partial charge in [-0.3, -0.25) is 0 Å². The summed E-state index contributed by atoms with van der Waals surface area (Å²) < 4.78 is 0. The molecule has 0 aliphatic heterocycles. The molecule has 0 aliphatic rings. The number of hydrogen-bond acceptors (Lipinski definition) is 4. The fourth-order valence-electron chi connectivity index (χ4n) is 0.927. The highest BCUT2D eigenvalue weighted by molar-refractivity contribution is 7.07. The Morgan fingerprint density at radius 1 is 1.62 bits per heavy atom. The monoisotopic (exact) mass is 199 g/mol. The Labute approximate surface area is 83.4 Å². The third kappa shape index (κ3) is 3.85. The Morgan fingerprint density at radius 3 is 2.92 bits per heavy atom. The van der Waals surface area contributed by atoms with Crippen molar-refractivity contribution in [2.75, 3.05) is 6.54 Å². The van der Waals surface area contributed by atoms with Crippen molar-refractivity contribution in [3.63, 3.8) is 0 Å². The summed E-state index contributed by atoms with van der Waals surface area (Å²) in [5, 5.41) is 5.34. The molecular formula is C9H17N3S. The van der Waals surface area contributed by atoms with Crippen LogP contribution in [0.1, 0.15) is 19.5 Å². The fourth-order valence-corrected chi connectivity index (χ4v) is 1.49. The number of nitrogens with zero attached hydrogens (tertiary/aromatic N) is 1. The van der Waals surface area contributed by atoms with E-state index in [0.717, 1.165) is 18.8 Å². The van der Waals surface area contributed by atoms with E-state index in [9.17, 15) is 0 Å². The van der Waals surface area contributed by atoms with Crippen LogP contribution in [0.3, 0.4) is 0 Å². The van der Waals surface area contributed by atoms with Gasteiger partial charge < -0.3 is 11.1 Å². The van der Waals surface area contributed by atoms with Crippen LogP contribution in [0.15, 0.2) is 10.9 Å². The average molecular weight is 199 g/mol. The molecular weight excluding hydrogens is 182 g/mol. The summed E-state index contributed by atoms with van der Waals surface area (Å²) in [6, 6.07) is 0.235. The molecule has 13 heavy (non-hydrogen) atoms. The SMILES string of the molecule is CC(C)C(N)CNCc1cscn1. The van der Waals surface area contributed by atoms with Gasteiger partial charge in [0.15, 0.2) is 0 Å². The molecule has 0 fully saturated rings. The minimum Gasteiger partial charge on any atom is -0.326 e. The molecule has 1 unspecified atom stereocenters. The molecule has 3 N–H and O–H groups in total. The Kier molecular flexibility index (Phi) is 4.35. The first-order valence-corrected chi connectivity index (χ1v) is 5.47. The number of aromatic nitrogens is 1. The minimum atomic E-state index is 0.235. The molecule has 3 nitrogen and oxygen atoms in total. The molecule has 74 valence electrons. The van der Waals surface area contributed by atoms with Crippen molar-refractivity contribution in [1.82, 2.24) is 10.3 Å². The zero-order valence-electron chi connectivity index (χ0n) is 8.16. The summed E-state index contributed by atoms with van der Waals surface area (Å²) in [7, 11) is 0. The molecule has 4 heteroatoms. The van der Waals surface area contributed by atoms with E-state index in [1.165, 1.54) is 0 Å². The summed E-state index contributed by atoms with van der Waals surface area (Å²) in [5.74, 6) is 0.530. The molecule has 1 aromatic heterocycles. The molecule has 0 radical (unpaired) electrons. The van der Waals surface area contributed by atoms with Crippen molar-refractivity contribution in [3.05, 3.63) is 16.6 Å². The van der Waals surface area contributed by atoms with E-state index in [1.807, 2.05) is 10.9 Å². The first-order valence-electron chi connectivity index (χ1n) is 4.53. The van der Waals surface area contributed by atoms with E-state index < -0.39 is 0 Å². The first kappa shape index (κ1) is 10.6. The van der Waals surface area contributed by atoms with Gasteiger partial charge in [0.25, 0.3) is 0 Å². The van der Waals surface area contributed by atoms with Crippen LogP contribution in [0.2, 0.25) is 0 Å². The lowest BCUT2D eigenvalue weighted by Crippen LogP contribution is -2.37. The van der Waals surface area contributed by atoms with Gasteiger partial charge in [0, 0.05) is 24.5 Å². The van der Waals surface area contributed by atoms with Crippen LogP contribution in [-0.2, 0) is 6.54 Å². The molecule has 1 rings (SSSR count). The lowest BCUT2D eigenvalue weighted by atomic mass is 10.1. The zero-order valence-corrected chi connectivity index (χ0v) is 8.97. The lowest BCUT2D eigenvalue weighted by Gasteiger charge is -2.15. The van der Waals surface area contributed by atoms with Gasteiger partial charge in [-0.15, -0.1) is 11.3 Å². The zero-order chi connectivity index (χ0) is 9.68. The largest absolute Gasteiger partial charge is 0.326 e. The maximum atomic E-state index is 5.88. The maximum Gasteiger partial charge on any atom is 0.0795 e. The van der Waals surface area contributed by atoms with Crippen LogP contribution < -0.4 is 11.1 Å². The Morgan fingerprint density at radius 2 is 2.38 bits per heavy atom. The fraction of sp³-hybridized carbons (Fsp3) is 0.667. The average Bonchev–Trinajstić information content (AvgIpc) is 2.56. The first-order chi connectivity index (χ1) is 6.20. The van der Waals surface area contributed by atoms with Crippen molar-refractivity contribution < 1.29 is 0 Å². The Hall–Kier alpha value is -0.450. The van der Waals surface area contributed by atoms with E-state index in [4.69, 9.17) is 5.73 Å². The van der Waals surface area contributed by atoms with Crippen molar-refractivity contribution in [1.29, 1.82) is 0 Å². The second-order valence-electron chi connectivity index (χ2n) is 3.52. The van der Waals surface area contributed by atoms with Gasteiger partial charge in [-0.25, -0.2) is 4.98 Å². The van der Waals surface area contributed by atoms with Crippen molar-refractivity contribution in [3.8, 4) is 0 Å². The highest BCUT2D eigenvalue weighted by Gasteiger charge is 2.06. The Balaban J connectivity index is 2.14. The third-order valence-corrected chi connectivity index (χ3v) is 2.66. The van der Waals surface area contributed by atoms with E-state index in [-0.39, 0.29) is 6.04 Å². The standard InChI is InChI=1S/C9H17N3S/c1-7(2)9(10)4-11-3-8-5-13-6-12-8/h5-7,9,11H,3-4,10H2,1-2H3. The smallest absolute Gasteiger partial charge is 0.0795 e. The summed E-state index contributed by atoms with van der Waals surface area (Å²) in [6.45, 7) is 5.95. The number of rotatable bonds is 5. The lowest BCUT2D eigenvalue weighted by molar-refractivity contribution is 0.457. The number of nitrogens with one attached hydrogen (secondary N) is 1. The molecule has 0 saturated heterocycles. The van der Waals surface area contributed by atoms with Gasteiger partial charge in [0.1, 0.15) is 0 Å². The van der Waals surface area contributed by atoms with Crippen LogP contribution in [0.25, 0.3) is 0 Å². The maximum absolute atomic E-state index is 5.88. The molecule has 1 heterocycles. The van der Waals surface area contributed by atoms with E-state index >= 15 is 0 Å². The van der Waals surface area contributed by atoms with Gasteiger partial charge in [-0.2, -0.15) is 0 Å². The molecule has 0 amide bonds. The topological polar surface area (TPSA) is 50.9 Å². The number of nitrogens with two attached hydrogens (primary N) is 1. The van der Waals surface area contributed by atoms with Crippen LogP contribution in [0.5, 0.6) is 0 Å². The van der Waals surface area contributed by atoms with Crippen LogP contribution >= 0.6 is 11.3 Å². The van der Waals surface area contributed by atoms with Gasteiger partial charge >= 0.3 is 0 Å². The van der Waals surface area contributed by atoms with E-state index in [2.05, 4.69) is 24.1 Å². The predicted molar refractivity (Wildman–Crippen MR) is 56.6 cm³/mol. The second kappa shape index (κ2) is 5.32. The molecule has 0 aliphatic carbocycles. The summed E-state index contributed by atoms with van der Waals surface area (Å²) in [4.78, 5) is 4.17. The number of thiazole rings is 1. The van der Waals surface area contributed by atoms with Crippen molar-refractivity contribution in [2.45, 2.75) is 26.4 Å². The van der Waals surface area contributed by atoms with Crippen LogP contribution in [0, 0.1) is 5.92 Å². The van der Waals surface area contributed by atoms with Crippen LogP contribution in [0.4, 0.5) is 0 Å². The predicted octanol–water partition coefficient (Wildman–Crippen LogP) is 1.22. The third-order valence-electron chi connectivity index (χ3n) is 2.03. The summed E-state index contributed by atoms with van der Waals surface area (Å²) in [5.41, 5.74) is 8.82. The van der Waals surface area contributed by atoms with Crippen molar-refractivity contribution in [2.24, 2.45) is 11.7 Å². The highest BCUT2D eigenvalue weighted by atomic mass is 32.1. The molecule has 0 bridgehead atoms. The summed E-state index contributed by atoms with van der Waals surface area (Å²) >= 11 is 1.62. The molecule has 0 aromatic carbocycles. The molecule has 1 aromatic rings. The van der Waals surface area contributed by atoms with Gasteiger partial charge in [0.2, 0.25) is 0 Å². The normalized spacial score (nSPS) is 13.5. The number of hydrogen-bond donors (Lipinski definition) is 2. The van der Waals surface area contributed by atoms with Crippen LogP contribution in [-0.4, -0.2) is 17.6 Å². The van der Waals surface area contributed by atoms with Gasteiger partial charge in [0.05, 0.1) is 11.2 Å². The quantitative estimate of drug-likeness (QED) is 0.749. The molecule has 1 atom stereocenters. The summed E-state index contributed by atoms with van der Waals surface area (Å²) in [6.07, 6.45) is 0. The Bertz CT molecular complexity index is 221. The minimum absolute atomic E-state index is 0.235.